The van der Waals surface area contributed by atoms with Crippen molar-refractivity contribution < 1.29 is 0 Å². The molecule has 2 aliphatic carbocycles. The monoisotopic (exact) mass is 576 g/mol. The van der Waals surface area contributed by atoms with Gasteiger partial charge in [-0.3, -0.25) is 4.99 Å². The summed E-state index contributed by atoms with van der Waals surface area (Å²) in [6.45, 7) is 7.56. The smallest absolute Gasteiger partial charge is 0.191 e. The first-order valence-corrected chi connectivity index (χ1v) is 12.5. The van der Waals surface area contributed by atoms with Gasteiger partial charge in [0.2, 0.25) is 0 Å². The quantitative estimate of drug-likeness (QED) is 0.175. The first-order valence-electron chi connectivity index (χ1n) is 12.5. The molecular formula is C25H37IN8. The van der Waals surface area contributed by atoms with Crippen LogP contribution >= 0.6 is 24.0 Å². The van der Waals surface area contributed by atoms with E-state index >= 15 is 0 Å². The number of nitrogens with one attached hydrogen (secondary N) is 2. The molecule has 2 aliphatic rings. The van der Waals surface area contributed by atoms with Crippen molar-refractivity contribution in [3.63, 3.8) is 0 Å². The molecule has 8 nitrogen and oxygen atoms in total. The number of hydrogen-bond acceptors (Lipinski definition) is 4. The van der Waals surface area contributed by atoms with E-state index in [1.165, 1.54) is 31.2 Å². The van der Waals surface area contributed by atoms with Crippen LogP contribution in [0.3, 0.4) is 0 Å². The van der Waals surface area contributed by atoms with Crippen molar-refractivity contribution in [1.29, 1.82) is 0 Å². The van der Waals surface area contributed by atoms with E-state index in [0.29, 0.717) is 6.04 Å². The Kier molecular flexibility index (Phi) is 8.44. The lowest BCUT2D eigenvalue weighted by Crippen LogP contribution is -2.46. The van der Waals surface area contributed by atoms with Gasteiger partial charge in [-0.1, -0.05) is 25.5 Å². The second-order valence-corrected chi connectivity index (χ2v) is 9.53. The molecule has 0 amide bonds. The number of benzene rings is 1. The van der Waals surface area contributed by atoms with Gasteiger partial charge in [0, 0.05) is 38.6 Å². The fraction of sp³-hybridized carbons (Fsp3) is 0.600. The minimum atomic E-state index is 0. The van der Waals surface area contributed by atoms with Gasteiger partial charge < -0.3 is 19.8 Å². The average Bonchev–Trinajstić information content (AvgIpc) is 3.60. The van der Waals surface area contributed by atoms with Gasteiger partial charge in [0.15, 0.2) is 5.96 Å². The predicted octanol–water partition coefficient (Wildman–Crippen LogP) is 3.93. The van der Waals surface area contributed by atoms with Crippen molar-refractivity contribution in [2.24, 2.45) is 16.8 Å². The minimum absolute atomic E-state index is 0. The third-order valence-electron chi connectivity index (χ3n) is 7.37. The molecule has 2 aromatic heterocycles. The van der Waals surface area contributed by atoms with Crippen molar-refractivity contribution in [3.8, 4) is 0 Å². The van der Waals surface area contributed by atoms with Gasteiger partial charge in [-0.25, -0.2) is 4.98 Å². The Hall–Kier alpha value is -2.17. The molecule has 3 atom stereocenters. The summed E-state index contributed by atoms with van der Waals surface area (Å²) in [5.74, 6) is 4.77. The Morgan fingerprint density at radius 1 is 1.18 bits per heavy atom. The number of fused-ring (bicyclic) bond motifs is 3. The highest BCUT2D eigenvalue weighted by atomic mass is 127. The number of para-hydroxylation sites is 2. The molecule has 1 aromatic carbocycles. The summed E-state index contributed by atoms with van der Waals surface area (Å²) in [6.07, 6.45) is 9.15. The SMILES string of the molecule is CCc1nncn1CCNC(=NCCCn1c(C)nc2ccccc21)NC1CC2CCC1C2.I. The third-order valence-corrected chi connectivity index (χ3v) is 7.37. The Morgan fingerprint density at radius 2 is 2.06 bits per heavy atom. The van der Waals surface area contributed by atoms with E-state index in [1.807, 2.05) is 12.4 Å². The van der Waals surface area contributed by atoms with Crippen LogP contribution in [0, 0.1) is 18.8 Å². The van der Waals surface area contributed by atoms with Gasteiger partial charge in [0.25, 0.3) is 0 Å². The molecule has 5 rings (SSSR count). The minimum Gasteiger partial charge on any atom is -0.355 e. The van der Waals surface area contributed by atoms with E-state index in [9.17, 15) is 0 Å². The van der Waals surface area contributed by atoms with Crippen LogP contribution < -0.4 is 10.6 Å². The van der Waals surface area contributed by atoms with Gasteiger partial charge in [-0.15, -0.1) is 34.2 Å². The van der Waals surface area contributed by atoms with Crippen molar-refractivity contribution in [3.05, 3.63) is 42.2 Å². The van der Waals surface area contributed by atoms with Crippen molar-refractivity contribution >= 4 is 41.0 Å². The molecule has 0 aliphatic heterocycles. The second kappa shape index (κ2) is 11.5. The standard InChI is InChI=1S/C25H36N8.HI/c1-3-24-31-28-17-32(24)14-12-27-25(30-22-16-19-9-10-20(22)15-19)26-11-6-13-33-18(2)29-21-7-4-5-8-23(21)33;/h4-5,7-8,17,19-20,22H,3,6,9-16H2,1-2H3,(H2,26,27,30);1H. The topological polar surface area (TPSA) is 85.0 Å². The number of aryl methyl sites for hydroxylation is 3. The maximum Gasteiger partial charge on any atom is 0.191 e. The zero-order valence-corrected chi connectivity index (χ0v) is 22.6. The third kappa shape index (κ3) is 5.55. The maximum absolute atomic E-state index is 4.96. The van der Waals surface area contributed by atoms with Crippen LogP contribution in [0.1, 0.15) is 50.7 Å². The summed E-state index contributed by atoms with van der Waals surface area (Å²) in [5.41, 5.74) is 2.28. The predicted molar refractivity (Wildman–Crippen MR) is 147 cm³/mol. The lowest BCUT2D eigenvalue weighted by atomic mass is 9.95. The summed E-state index contributed by atoms with van der Waals surface area (Å²) in [6, 6.07) is 8.93. The molecular weight excluding hydrogens is 539 g/mol. The normalized spacial score (nSPS) is 21.7. The summed E-state index contributed by atoms with van der Waals surface area (Å²) < 4.78 is 4.43. The zero-order chi connectivity index (χ0) is 22.6. The highest BCUT2D eigenvalue weighted by Gasteiger charge is 2.39. The molecule has 0 spiro atoms. The molecule has 3 aromatic rings. The van der Waals surface area contributed by atoms with Gasteiger partial charge >= 0.3 is 0 Å². The number of aromatic nitrogens is 5. The Bertz CT molecular complexity index is 1100. The Labute approximate surface area is 219 Å². The van der Waals surface area contributed by atoms with E-state index in [1.54, 1.807) is 0 Å². The van der Waals surface area contributed by atoms with Crippen LogP contribution in [0.4, 0.5) is 0 Å². The highest BCUT2D eigenvalue weighted by Crippen LogP contribution is 2.44. The first kappa shape index (κ1) is 24.9. The van der Waals surface area contributed by atoms with E-state index in [4.69, 9.17) is 4.99 Å². The first-order chi connectivity index (χ1) is 16.2. The summed E-state index contributed by atoms with van der Waals surface area (Å²) >= 11 is 0. The van der Waals surface area contributed by atoms with E-state index in [-0.39, 0.29) is 24.0 Å². The molecule has 34 heavy (non-hydrogen) atoms. The largest absolute Gasteiger partial charge is 0.355 e. The summed E-state index contributed by atoms with van der Waals surface area (Å²) in [5, 5.41) is 15.6. The van der Waals surface area contributed by atoms with Gasteiger partial charge in [-0.05, 0) is 56.6 Å². The van der Waals surface area contributed by atoms with Gasteiger partial charge in [0.05, 0.1) is 11.0 Å². The van der Waals surface area contributed by atoms with Crippen molar-refractivity contribution in [1.82, 2.24) is 34.9 Å². The Balaban J connectivity index is 0.00000274. The van der Waals surface area contributed by atoms with E-state index in [0.717, 1.165) is 74.0 Å². The molecule has 2 fully saturated rings. The molecule has 0 radical (unpaired) electrons. The summed E-state index contributed by atoms with van der Waals surface area (Å²) in [4.78, 5) is 9.65. The maximum atomic E-state index is 4.96. The average molecular weight is 577 g/mol. The summed E-state index contributed by atoms with van der Waals surface area (Å²) in [7, 11) is 0. The van der Waals surface area contributed by atoms with Gasteiger partial charge in [-0.2, -0.15) is 0 Å². The van der Waals surface area contributed by atoms with Crippen molar-refractivity contribution in [2.75, 3.05) is 13.1 Å². The van der Waals surface area contributed by atoms with E-state index < -0.39 is 0 Å². The fourth-order valence-electron chi connectivity index (χ4n) is 5.68. The molecule has 3 unspecified atom stereocenters. The molecule has 184 valence electrons. The lowest BCUT2D eigenvalue weighted by Gasteiger charge is -2.25. The van der Waals surface area contributed by atoms with Gasteiger partial charge in [0.1, 0.15) is 18.0 Å². The molecule has 2 saturated carbocycles. The van der Waals surface area contributed by atoms with E-state index in [2.05, 4.69) is 67.0 Å². The van der Waals surface area contributed by atoms with Crippen LogP contribution in [0.25, 0.3) is 11.0 Å². The number of hydrogen-bond donors (Lipinski definition) is 2. The van der Waals surface area contributed by atoms with Crippen LogP contribution in [-0.4, -0.2) is 49.4 Å². The zero-order valence-electron chi connectivity index (χ0n) is 20.3. The molecule has 2 heterocycles. The lowest BCUT2D eigenvalue weighted by molar-refractivity contribution is 0.386. The molecule has 0 saturated heterocycles. The Morgan fingerprint density at radius 3 is 2.85 bits per heavy atom. The second-order valence-electron chi connectivity index (χ2n) is 9.53. The van der Waals surface area contributed by atoms with Crippen LogP contribution in [0.5, 0.6) is 0 Å². The number of halogens is 1. The number of aliphatic imine (C=N–C) groups is 1. The van der Waals surface area contributed by atoms with Crippen molar-refractivity contribution in [2.45, 2.75) is 71.5 Å². The number of guanidine groups is 1. The van der Waals surface area contributed by atoms with Crippen LogP contribution in [0.15, 0.2) is 35.6 Å². The van der Waals surface area contributed by atoms with Crippen LogP contribution in [0.2, 0.25) is 0 Å². The highest BCUT2D eigenvalue weighted by molar-refractivity contribution is 14.0. The molecule has 2 bridgehead atoms. The molecule has 9 heteroatoms. The number of rotatable bonds is 9. The number of nitrogens with zero attached hydrogens (tertiary/aromatic N) is 6. The molecule has 2 N–H and O–H groups in total. The van der Waals surface area contributed by atoms with Crippen LogP contribution in [-0.2, 0) is 19.5 Å². The number of imidazole rings is 1. The fourth-order valence-corrected chi connectivity index (χ4v) is 5.68.